The van der Waals surface area contributed by atoms with Crippen molar-refractivity contribution in [1.82, 2.24) is 9.88 Å². The summed E-state index contributed by atoms with van der Waals surface area (Å²) in [5, 5.41) is 1.63. The summed E-state index contributed by atoms with van der Waals surface area (Å²) in [4.78, 5) is 18.8. The lowest BCUT2D eigenvalue weighted by Crippen LogP contribution is -2.31. The number of hydrogen-bond acceptors (Lipinski definition) is 5. The number of likely N-dealkylation sites (tertiary alicyclic amines) is 1. The highest BCUT2D eigenvalue weighted by molar-refractivity contribution is 7.93. The molecule has 3 aromatic rings. The van der Waals surface area contributed by atoms with Gasteiger partial charge in [-0.05, 0) is 31.0 Å². The number of aromatic nitrogens is 1. The van der Waals surface area contributed by atoms with Gasteiger partial charge in [0.25, 0.3) is 15.9 Å². The molecule has 1 atom stereocenters. The molecule has 9 heteroatoms. The summed E-state index contributed by atoms with van der Waals surface area (Å²) < 4.78 is 41.5. The monoisotopic (exact) mass is 431 g/mol. The largest absolute Gasteiger partial charge is 0.330 e. The number of carbonyl (C=O) groups excluding carboxylic acids is 1. The molecule has 1 aliphatic heterocycles. The Bertz CT molecular complexity index is 1130. The van der Waals surface area contributed by atoms with Crippen LogP contribution in [0.4, 0.5) is 9.52 Å². The summed E-state index contributed by atoms with van der Waals surface area (Å²) in [6.45, 7) is 0.500. The van der Waals surface area contributed by atoms with Crippen LogP contribution in [0.25, 0.3) is 0 Å². The smallest absolute Gasteiger partial charge is 0.273 e. The van der Waals surface area contributed by atoms with Crippen molar-refractivity contribution in [3.8, 4) is 0 Å². The first-order valence-corrected chi connectivity index (χ1v) is 11.4. The molecule has 29 heavy (non-hydrogen) atoms. The van der Waals surface area contributed by atoms with E-state index < -0.39 is 10.0 Å². The van der Waals surface area contributed by atoms with Crippen LogP contribution < -0.4 is 4.72 Å². The van der Waals surface area contributed by atoms with Crippen molar-refractivity contribution in [1.29, 1.82) is 0 Å². The van der Waals surface area contributed by atoms with E-state index in [1.165, 1.54) is 23.6 Å². The molecule has 1 aromatic heterocycles. The van der Waals surface area contributed by atoms with E-state index in [1.54, 1.807) is 41.3 Å². The van der Waals surface area contributed by atoms with Crippen molar-refractivity contribution >= 4 is 32.4 Å². The Kier molecular flexibility index (Phi) is 5.33. The molecule has 0 aliphatic carbocycles. The van der Waals surface area contributed by atoms with E-state index in [2.05, 4.69) is 9.71 Å². The first kappa shape index (κ1) is 19.5. The van der Waals surface area contributed by atoms with Gasteiger partial charge >= 0.3 is 0 Å². The molecule has 150 valence electrons. The predicted octanol–water partition coefficient (Wildman–Crippen LogP) is 4.06. The average molecular weight is 432 g/mol. The molecule has 0 radical (unpaired) electrons. The molecule has 0 saturated carbocycles. The van der Waals surface area contributed by atoms with Crippen LogP contribution in [-0.2, 0) is 10.0 Å². The average Bonchev–Trinajstić information content (AvgIpc) is 3.38. The summed E-state index contributed by atoms with van der Waals surface area (Å²) in [5.41, 5.74) is 0.627. The molecular weight excluding hydrogens is 413 g/mol. The van der Waals surface area contributed by atoms with Crippen molar-refractivity contribution in [2.75, 3.05) is 11.3 Å². The lowest BCUT2D eigenvalue weighted by atomic mass is 10.0. The highest BCUT2D eigenvalue weighted by atomic mass is 32.2. The second-order valence-electron chi connectivity index (χ2n) is 6.63. The van der Waals surface area contributed by atoms with Crippen molar-refractivity contribution < 1.29 is 17.6 Å². The Morgan fingerprint density at radius 1 is 1.14 bits per heavy atom. The van der Waals surface area contributed by atoms with Gasteiger partial charge in [0.15, 0.2) is 5.13 Å². The Labute approximate surface area is 172 Å². The number of amides is 1. The minimum atomic E-state index is -3.78. The highest BCUT2D eigenvalue weighted by Crippen LogP contribution is 2.34. The lowest BCUT2D eigenvalue weighted by molar-refractivity contribution is 0.0728. The fourth-order valence-corrected chi connectivity index (χ4v) is 5.38. The summed E-state index contributed by atoms with van der Waals surface area (Å²) in [6, 6.07) is 14.0. The molecule has 1 saturated heterocycles. The maximum absolute atomic E-state index is 14.2. The van der Waals surface area contributed by atoms with Gasteiger partial charge in [-0.15, -0.1) is 11.3 Å². The first-order valence-electron chi connectivity index (χ1n) is 9.04. The van der Waals surface area contributed by atoms with Crippen molar-refractivity contribution in [2.45, 2.75) is 23.8 Å². The third-order valence-corrected chi connectivity index (χ3v) is 7.02. The molecular formula is C20H18FN3O3S2. The van der Waals surface area contributed by atoms with Gasteiger partial charge in [0.05, 0.1) is 10.9 Å². The molecule has 1 amide bonds. The number of anilines is 1. The summed E-state index contributed by atoms with van der Waals surface area (Å²) in [6.07, 6.45) is 1.44. The molecule has 4 rings (SSSR count). The number of benzene rings is 2. The molecule has 1 unspecified atom stereocenters. The number of nitrogens with one attached hydrogen (secondary N) is 1. The van der Waals surface area contributed by atoms with Crippen LogP contribution in [-0.4, -0.2) is 30.8 Å². The van der Waals surface area contributed by atoms with Gasteiger partial charge in [-0.2, -0.15) is 0 Å². The number of nitrogens with zero attached hydrogens (tertiary/aromatic N) is 2. The van der Waals surface area contributed by atoms with Gasteiger partial charge in [0.2, 0.25) is 0 Å². The van der Waals surface area contributed by atoms with Gasteiger partial charge < -0.3 is 4.90 Å². The zero-order chi connectivity index (χ0) is 20.4. The van der Waals surface area contributed by atoms with Gasteiger partial charge in [-0.3, -0.25) is 9.52 Å². The van der Waals surface area contributed by atoms with E-state index in [-0.39, 0.29) is 33.5 Å². The Hall–Kier alpha value is -2.78. The number of thiazole rings is 1. The molecule has 1 aliphatic rings. The van der Waals surface area contributed by atoms with E-state index >= 15 is 0 Å². The molecule has 2 heterocycles. The number of hydrogen-bond donors (Lipinski definition) is 1. The Morgan fingerprint density at radius 2 is 1.86 bits per heavy atom. The topological polar surface area (TPSA) is 79.4 Å². The maximum Gasteiger partial charge on any atom is 0.273 e. The van der Waals surface area contributed by atoms with Crippen LogP contribution in [0.2, 0.25) is 0 Å². The van der Waals surface area contributed by atoms with Gasteiger partial charge in [-0.25, -0.2) is 17.8 Å². The molecule has 0 spiro atoms. The fraction of sp³-hybridized carbons (Fsp3) is 0.200. The van der Waals surface area contributed by atoms with Gasteiger partial charge in [-0.1, -0.05) is 36.4 Å². The standard InChI is InChI=1S/C20H18FN3O3S2/c21-16-10-5-4-9-15(16)18-11-6-12-24(18)19(25)17-13-28-20(22-17)23-29(26,27)14-7-2-1-3-8-14/h1-5,7-10,13,18H,6,11-12H2,(H,22,23). The highest BCUT2D eigenvalue weighted by Gasteiger charge is 2.33. The normalized spacial score (nSPS) is 16.7. The third-order valence-electron chi connectivity index (χ3n) is 4.78. The molecule has 1 N–H and O–H groups in total. The van der Waals surface area contributed by atoms with Crippen LogP contribution >= 0.6 is 11.3 Å². The summed E-state index contributed by atoms with van der Waals surface area (Å²) in [5.74, 6) is -0.677. The minimum absolute atomic E-state index is 0.110. The van der Waals surface area contributed by atoms with Crippen LogP contribution in [0.5, 0.6) is 0 Å². The summed E-state index contributed by atoms with van der Waals surface area (Å²) >= 11 is 1.04. The van der Waals surface area contributed by atoms with Crippen molar-refractivity contribution in [3.05, 3.63) is 77.1 Å². The predicted molar refractivity (Wildman–Crippen MR) is 109 cm³/mol. The van der Waals surface area contributed by atoms with E-state index in [0.717, 1.165) is 17.8 Å². The van der Waals surface area contributed by atoms with Crippen molar-refractivity contribution in [3.63, 3.8) is 0 Å². The molecule has 2 aromatic carbocycles. The lowest BCUT2D eigenvalue weighted by Gasteiger charge is -2.24. The zero-order valence-corrected chi connectivity index (χ0v) is 16.9. The zero-order valence-electron chi connectivity index (χ0n) is 15.3. The van der Waals surface area contributed by atoms with Crippen LogP contribution in [0.15, 0.2) is 64.9 Å². The number of sulfonamides is 1. The fourth-order valence-electron chi connectivity index (χ4n) is 3.42. The van der Waals surface area contributed by atoms with E-state index in [0.29, 0.717) is 18.5 Å². The van der Waals surface area contributed by atoms with E-state index in [4.69, 9.17) is 0 Å². The first-order chi connectivity index (χ1) is 14.0. The van der Waals surface area contributed by atoms with Crippen LogP contribution in [0.3, 0.4) is 0 Å². The van der Waals surface area contributed by atoms with Gasteiger partial charge in [0, 0.05) is 17.5 Å². The number of carbonyl (C=O) groups is 1. The second kappa shape index (κ2) is 7.92. The van der Waals surface area contributed by atoms with Crippen molar-refractivity contribution in [2.24, 2.45) is 0 Å². The van der Waals surface area contributed by atoms with Gasteiger partial charge in [0.1, 0.15) is 11.5 Å². The number of halogens is 1. The number of rotatable bonds is 5. The maximum atomic E-state index is 14.2. The SMILES string of the molecule is O=C(c1csc(NS(=O)(=O)c2ccccc2)n1)N1CCCC1c1ccccc1F. The van der Waals surface area contributed by atoms with Crippen LogP contribution in [0, 0.1) is 5.82 Å². The third kappa shape index (κ3) is 4.01. The Balaban J connectivity index is 1.53. The second-order valence-corrected chi connectivity index (χ2v) is 9.18. The quantitative estimate of drug-likeness (QED) is 0.661. The van der Waals surface area contributed by atoms with E-state index in [1.807, 2.05) is 0 Å². The molecule has 1 fully saturated rings. The Morgan fingerprint density at radius 3 is 2.62 bits per heavy atom. The minimum Gasteiger partial charge on any atom is -0.330 e. The van der Waals surface area contributed by atoms with Crippen LogP contribution in [0.1, 0.15) is 34.9 Å². The molecule has 0 bridgehead atoms. The molecule has 6 nitrogen and oxygen atoms in total. The summed E-state index contributed by atoms with van der Waals surface area (Å²) in [7, 11) is -3.78. The van der Waals surface area contributed by atoms with E-state index in [9.17, 15) is 17.6 Å².